The summed E-state index contributed by atoms with van der Waals surface area (Å²) in [6.45, 7) is 0.727. The van der Waals surface area contributed by atoms with Gasteiger partial charge in [-0.15, -0.1) is 0 Å². The van der Waals surface area contributed by atoms with E-state index < -0.39 is 0 Å². The second kappa shape index (κ2) is 6.75. The topological polar surface area (TPSA) is 46.3 Å². The van der Waals surface area contributed by atoms with Crippen LogP contribution in [0.3, 0.4) is 0 Å². The van der Waals surface area contributed by atoms with Gasteiger partial charge in [-0.2, -0.15) is 0 Å². The van der Waals surface area contributed by atoms with Crippen LogP contribution in [0.25, 0.3) is 0 Å². The monoisotopic (exact) mass is 268 g/mol. The molecule has 0 bridgehead atoms. The maximum Gasteiger partial charge on any atom is 0.226 e. The van der Waals surface area contributed by atoms with Crippen LogP contribution in [-0.2, 0) is 17.6 Å². The quantitative estimate of drug-likeness (QED) is 0.847. The minimum Gasteiger partial charge on any atom is -0.399 e. The van der Waals surface area contributed by atoms with Crippen LogP contribution in [0.1, 0.15) is 11.1 Å². The molecule has 0 saturated heterocycles. The van der Waals surface area contributed by atoms with Crippen LogP contribution in [0.15, 0.2) is 54.6 Å². The molecule has 3 heteroatoms. The van der Waals surface area contributed by atoms with E-state index in [-0.39, 0.29) is 5.91 Å². The maximum atomic E-state index is 12.1. The van der Waals surface area contributed by atoms with E-state index in [9.17, 15) is 4.79 Å². The van der Waals surface area contributed by atoms with Gasteiger partial charge in [-0.3, -0.25) is 4.79 Å². The highest BCUT2D eigenvalue weighted by Crippen LogP contribution is 2.09. The fraction of sp³-hybridized carbons (Fsp3) is 0.235. The normalized spacial score (nSPS) is 10.2. The van der Waals surface area contributed by atoms with Crippen LogP contribution in [0.5, 0.6) is 0 Å². The molecular weight excluding hydrogens is 248 g/mol. The van der Waals surface area contributed by atoms with Crippen molar-refractivity contribution < 1.29 is 4.79 Å². The average Bonchev–Trinajstić information content (AvgIpc) is 2.46. The van der Waals surface area contributed by atoms with Gasteiger partial charge in [0.05, 0.1) is 6.42 Å². The Morgan fingerprint density at radius 2 is 1.75 bits per heavy atom. The van der Waals surface area contributed by atoms with E-state index >= 15 is 0 Å². The molecule has 2 aromatic rings. The Bertz CT molecular complexity index is 566. The predicted molar refractivity (Wildman–Crippen MR) is 82.3 cm³/mol. The predicted octanol–water partition coefficient (Wildman–Crippen LogP) is 2.51. The van der Waals surface area contributed by atoms with Crippen molar-refractivity contribution in [2.24, 2.45) is 0 Å². The first-order chi connectivity index (χ1) is 9.65. The van der Waals surface area contributed by atoms with Crippen molar-refractivity contribution in [3.05, 3.63) is 65.7 Å². The van der Waals surface area contributed by atoms with E-state index in [2.05, 4.69) is 12.1 Å². The Kier molecular flexibility index (Phi) is 4.77. The van der Waals surface area contributed by atoms with Crippen molar-refractivity contribution in [3.8, 4) is 0 Å². The van der Waals surface area contributed by atoms with E-state index in [1.165, 1.54) is 5.56 Å². The molecule has 0 heterocycles. The number of benzene rings is 2. The summed E-state index contributed by atoms with van der Waals surface area (Å²) in [5.74, 6) is 0.117. The fourth-order valence-electron chi connectivity index (χ4n) is 2.08. The molecule has 1 amide bonds. The Balaban J connectivity index is 1.86. The highest BCUT2D eigenvalue weighted by Gasteiger charge is 2.09. The van der Waals surface area contributed by atoms with Gasteiger partial charge in [-0.05, 0) is 29.7 Å². The largest absolute Gasteiger partial charge is 0.399 e. The zero-order chi connectivity index (χ0) is 14.4. The number of nitrogen functional groups attached to an aromatic ring is 1. The van der Waals surface area contributed by atoms with Crippen LogP contribution in [-0.4, -0.2) is 24.4 Å². The van der Waals surface area contributed by atoms with Gasteiger partial charge in [0.2, 0.25) is 5.91 Å². The molecule has 0 radical (unpaired) electrons. The first-order valence-corrected chi connectivity index (χ1v) is 6.77. The number of hydrogen-bond donors (Lipinski definition) is 1. The highest BCUT2D eigenvalue weighted by molar-refractivity contribution is 5.78. The molecule has 0 aromatic heterocycles. The van der Waals surface area contributed by atoms with Crippen molar-refractivity contribution in [2.45, 2.75) is 12.8 Å². The van der Waals surface area contributed by atoms with Gasteiger partial charge in [0, 0.05) is 19.3 Å². The molecule has 0 aliphatic carbocycles. The van der Waals surface area contributed by atoms with E-state index in [4.69, 9.17) is 5.73 Å². The zero-order valence-corrected chi connectivity index (χ0v) is 11.8. The van der Waals surface area contributed by atoms with Gasteiger partial charge < -0.3 is 10.6 Å². The lowest BCUT2D eigenvalue weighted by atomic mass is 10.1. The number of hydrogen-bond acceptors (Lipinski definition) is 2. The van der Waals surface area contributed by atoms with Crippen LogP contribution in [0, 0.1) is 0 Å². The number of nitrogens with zero attached hydrogens (tertiary/aromatic N) is 1. The van der Waals surface area contributed by atoms with Gasteiger partial charge in [0.15, 0.2) is 0 Å². The number of rotatable bonds is 5. The van der Waals surface area contributed by atoms with Crippen LogP contribution >= 0.6 is 0 Å². The molecule has 2 rings (SSSR count). The Labute approximate surface area is 120 Å². The standard InChI is InChI=1S/C17H20N2O/c1-19(11-10-14-6-3-2-4-7-14)17(20)13-15-8-5-9-16(18)12-15/h2-9,12H,10-11,13,18H2,1H3. The molecular formula is C17H20N2O. The summed E-state index contributed by atoms with van der Waals surface area (Å²) in [5, 5.41) is 0. The molecule has 0 aliphatic rings. The summed E-state index contributed by atoms with van der Waals surface area (Å²) in [4.78, 5) is 13.9. The summed E-state index contributed by atoms with van der Waals surface area (Å²) in [5.41, 5.74) is 8.62. The van der Waals surface area contributed by atoms with Crippen molar-refractivity contribution in [1.29, 1.82) is 0 Å². The minimum absolute atomic E-state index is 0.117. The Hall–Kier alpha value is -2.29. The number of anilines is 1. The van der Waals surface area contributed by atoms with Crippen LogP contribution < -0.4 is 5.73 Å². The Morgan fingerprint density at radius 1 is 1.05 bits per heavy atom. The van der Waals surface area contributed by atoms with Crippen molar-refractivity contribution >= 4 is 11.6 Å². The lowest BCUT2D eigenvalue weighted by molar-refractivity contribution is -0.129. The smallest absolute Gasteiger partial charge is 0.226 e. The van der Waals surface area contributed by atoms with Crippen molar-refractivity contribution in [1.82, 2.24) is 4.90 Å². The maximum absolute atomic E-state index is 12.1. The summed E-state index contributed by atoms with van der Waals surface area (Å²) in [6, 6.07) is 17.7. The van der Waals surface area contributed by atoms with Crippen molar-refractivity contribution in [2.75, 3.05) is 19.3 Å². The number of nitrogens with two attached hydrogens (primary N) is 1. The molecule has 104 valence electrons. The van der Waals surface area contributed by atoms with Crippen LogP contribution in [0.4, 0.5) is 5.69 Å². The summed E-state index contributed by atoms with van der Waals surface area (Å²) in [7, 11) is 1.84. The third kappa shape index (κ3) is 4.12. The molecule has 20 heavy (non-hydrogen) atoms. The number of carbonyl (C=O) groups is 1. The fourth-order valence-corrected chi connectivity index (χ4v) is 2.08. The van der Waals surface area contributed by atoms with Gasteiger partial charge in [-0.25, -0.2) is 0 Å². The molecule has 0 saturated carbocycles. The van der Waals surface area contributed by atoms with Crippen molar-refractivity contribution in [3.63, 3.8) is 0 Å². The molecule has 2 N–H and O–H groups in total. The SMILES string of the molecule is CN(CCc1ccccc1)C(=O)Cc1cccc(N)c1. The molecule has 0 unspecified atom stereocenters. The van der Waals surface area contributed by atoms with Gasteiger partial charge >= 0.3 is 0 Å². The first kappa shape index (κ1) is 14.1. The molecule has 3 nitrogen and oxygen atoms in total. The molecule has 2 aromatic carbocycles. The van der Waals surface area contributed by atoms with E-state index in [0.29, 0.717) is 12.1 Å². The average molecular weight is 268 g/mol. The molecule has 0 atom stereocenters. The number of likely N-dealkylation sites (N-methyl/N-ethyl adjacent to an activating group) is 1. The van der Waals surface area contributed by atoms with E-state index in [1.54, 1.807) is 4.90 Å². The molecule has 0 aliphatic heterocycles. The third-order valence-electron chi connectivity index (χ3n) is 3.31. The minimum atomic E-state index is 0.117. The summed E-state index contributed by atoms with van der Waals surface area (Å²) in [6.07, 6.45) is 1.27. The first-order valence-electron chi connectivity index (χ1n) is 6.77. The molecule has 0 spiro atoms. The lowest BCUT2D eigenvalue weighted by Gasteiger charge is -2.17. The summed E-state index contributed by atoms with van der Waals surface area (Å²) >= 11 is 0. The van der Waals surface area contributed by atoms with Gasteiger partial charge in [0.25, 0.3) is 0 Å². The summed E-state index contributed by atoms with van der Waals surface area (Å²) < 4.78 is 0. The lowest BCUT2D eigenvalue weighted by Crippen LogP contribution is -2.30. The van der Waals surface area contributed by atoms with Gasteiger partial charge in [0.1, 0.15) is 0 Å². The second-order valence-corrected chi connectivity index (χ2v) is 4.97. The Morgan fingerprint density at radius 3 is 2.45 bits per heavy atom. The van der Waals surface area contributed by atoms with Gasteiger partial charge in [-0.1, -0.05) is 42.5 Å². The number of carbonyl (C=O) groups excluding carboxylic acids is 1. The zero-order valence-electron chi connectivity index (χ0n) is 11.8. The van der Waals surface area contributed by atoms with E-state index in [0.717, 1.165) is 18.5 Å². The highest BCUT2D eigenvalue weighted by atomic mass is 16.2. The number of amides is 1. The second-order valence-electron chi connectivity index (χ2n) is 4.97. The van der Waals surface area contributed by atoms with Crippen LogP contribution in [0.2, 0.25) is 0 Å². The third-order valence-corrected chi connectivity index (χ3v) is 3.31. The van der Waals surface area contributed by atoms with E-state index in [1.807, 2.05) is 49.5 Å². The molecule has 0 fully saturated rings.